The molecule has 2 rings (SSSR count). The summed E-state index contributed by atoms with van der Waals surface area (Å²) in [6.45, 7) is 0.237. The summed E-state index contributed by atoms with van der Waals surface area (Å²) < 4.78 is 23.8. The second-order valence-electron chi connectivity index (χ2n) is 3.73. The zero-order chi connectivity index (χ0) is 14.0. The molecule has 0 aliphatic carbocycles. The third-order valence-electron chi connectivity index (χ3n) is 2.35. The SMILES string of the molecule is Cn1cncc1C(=O)NCc1ccc(S(=O)(=O)Cl)s1. The molecule has 0 unspecified atom stereocenters. The lowest BCUT2D eigenvalue weighted by molar-refractivity contribution is 0.0943. The molecule has 0 fully saturated rings. The van der Waals surface area contributed by atoms with Crippen LogP contribution in [0.5, 0.6) is 0 Å². The van der Waals surface area contributed by atoms with Gasteiger partial charge in [-0.3, -0.25) is 4.79 Å². The van der Waals surface area contributed by atoms with E-state index in [4.69, 9.17) is 10.7 Å². The molecule has 19 heavy (non-hydrogen) atoms. The second-order valence-corrected chi connectivity index (χ2v) is 7.69. The Morgan fingerprint density at radius 1 is 1.53 bits per heavy atom. The summed E-state index contributed by atoms with van der Waals surface area (Å²) in [6, 6.07) is 3.03. The molecule has 2 heterocycles. The predicted molar refractivity (Wildman–Crippen MR) is 71.7 cm³/mol. The fourth-order valence-corrected chi connectivity index (χ4v) is 3.48. The number of nitrogens with one attached hydrogen (secondary N) is 1. The van der Waals surface area contributed by atoms with Crippen LogP contribution in [0.1, 0.15) is 15.4 Å². The van der Waals surface area contributed by atoms with E-state index in [-0.39, 0.29) is 16.7 Å². The molecule has 0 aliphatic heterocycles. The van der Waals surface area contributed by atoms with Gasteiger partial charge in [0.15, 0.2) is 0 Å². The van der Waals surface area contributed by atoms with Crippen molar-refractivity contribution >= 4 is 37.0 Å². The highest BCUT2D eigenvalue weighted by atomic mass is 35.7. The third-order valence-corrected chi connectivity index (χ3v) is 5.53. The van der Waals surface area contributed by atoms with Crippen molar-refractivity contribution in [1.82, 2.24) is 14.9 Å². The van der Waals surface area contributed by atoms with Crippen LogP contribution >= 0.6 is 22.0 Å². The Balaban J connectivity index is 2.02. The molecule has 102 valence electrons. The first-order chi connectivity index (χ1) is 8.88. The molecule has 0 atom stereocenters. The number of hydrogen-bond acceptors (Lipinski definition) is 5. The van der Waals surface area contributed by atoms with Crippen molar-refractivity contribution in [2.75, 3.05) is 0 Å². The molecular formula is C10H10ClN3O3S2. The third kappa shape index (κ3) is 3.34. The molecule has 0 aromatic carbocycles. The highest BCUT2D eigenvalue weighted by Gasteiger charge is 2.14. The van der Waals surface area contributed by atoms with Crippen LogP contribution in [0.2, 0.25) is 0 Å². The van der Waals surface area contributed by atoms with Gasteiger partial charge in [0.25, 0.3) is 15.0 Å². The van der Waals surface area contributed by atoms with Crippen LogP contribution in [-0.4, -0.2) is 23.9 Å². The average molecular weight is 320 g/mol. The van der Waals surface area contributed by atoms with Gasteiger partial charge in [-0.15, -0.1) is 11.3 Å². The van der Waals surface area contributed by atoms with Gasteiger partial charge in [-0.05, 0) is 12.1 Å². The average Bonchev–Trinajstić information content (AvgIpc) is 2.93. The van der Waals surface area contributed by atoms with Crippen molar-refractivity contribution in [3.8, 4) is 0 Å². The molecule has 1 N–H and O–H groups in total. The Kier molecular flexibility index (Phi) is 3.93. The van der Waals surface area contributed by atoms with Gasteiger partial charge >= 0.3 is 0 Å². The van der Waals surface area contributed by atoms with Gasteiger partial charge in [0, 0.05) is 22.6 Å². The molecule has 0 saturated carbocycles. The van der Waals surface area contributed by atoms with Gasteiger partial charge in [0.1, 0.15) is 9.90 Å². The van der Waals surface area contributed by atoms with Gasteiger partial charge in [0.2, 0.25) is 0 Å². The number of carbonyl (C=O) groups is 1. The number of hydrogen-bond donors (Lipinski definition) is 1. The lowest BCUT2D eigenvalue weighted by Gasteiger charge is -2.03. The number of aryl methyl sites for hydroxylation is 1. The van der Waals surface area contributed by atoms with Gasteiger partial charge in [-0.1, -0.05) is 0 Å². The number of halogens is 1. The van der Waals surface area contributed by atoms with Crippen LogP contribution in [0.4, 0.5) is 0 Å². The summed E-state index contributed by atoms with van der Waals surface area (Å²) in [5.74, 6) is -0.274. The molecule has 9 heteroatoms. The fraction of sp³-hybridized carbons (Fsp3) is 0.200. The van der Waals surface area contributed by atoms with Crippen molar-refractivity contribution in [3.63, 3.8) is 0 Å². The molecule has 6 nitrogen and oxygen atoms in total. The van der Waals surface area contributed by atoms with E-state index in [1.54, 1.807) is 17.7 Å². The van der Waals surface area contributed by atoms with Crippen LogP contribution in [0.25, 0.3) is 0 Å². The number of imidazole rings is 1. The summed E-state index contributed by atoms with van der Waals surface area (Å²) >= 11 is 1.03. The number of rotatable bonds is 4. The van der Waals surface area contributed by atoms with Crippen LogP contribution in [0, 0.1) is 0 Å². The fourth-order valence-electron chi connectivity index (χ4n) is 1.42. The van der Waals surface area contributed by atoms with E-state index in [1.807, 2.05) is 0 Å². The molecule has 0 radical (unpaired) electrons. The van der Waals surface area contributed by atoms with E-state index in [2.05, 4.69) is 10.3 Å². The number of nitrogens with zero attached hydrogens (tertiary/aromatic N) is 2. The van der Waals surface area contributed by atoms with Gasteiger partial charge in [-0.2, -0.15) is 0 Å². The Hall–Kier alpha value is -1.38. The van der Waals surface area contributed by atoms with Crippen molar-refractivity contribution < 1.29 is 13.2 Å². The highest BCUT2D eigenvalue weighted by molar-refractivity contribution is 8.15. The Morgan fingerprint density at radius 3 is 2.79 bits per heavy atom. The first-order valence-corrected chi connectivity index (χ1v) is 8.28. The largest absolute Gasteiger partial charge is 0.346 e. The van der Waals surface area contributed by atoms with Crippen molar-refractivity contribution in [1.29, 1.82) is 0 Å². The maximum atomic E-state index is 11.8. The Labute approximate surface area is 118 Å². The monoisotopic (exact) mass is 319 g/mol. The maximum absolute atomic E-state index is 11.8. The first-order valence-electron chi connectivity index (χ1n) is 5.16. The standard InChI is InChI=1S/C10H10ClN3O3S2/c1-14-6-12-5-8(14)10(15)13-4-7-2-3-9(18-7)19(11,16)17/h2-3,5-6H,4H2,1H3,(H,13,15). The lowest BCUT2D eigenvalue weighted by Crippen LogP contribution is -2.24. The van der Waals surface area contributed by atoms with Gasteiger partial charge in [-0.25, -0.2) is 13.4 Å². The predicted octanol–water partition coefficient (Wildman–Crippen LogP) is 1.34. The van der Waals surface area contributed by atoms with Crippen molar-refractivity contribution in [2.24, 2.45) is 7.05 Å². The lowest BCUT2D eigenvalue weighted by atomic mass is 10.4. The Morgan fingerprint density at radius 2 is 2.26 bits per heavy atom. The van der Waals surface area contributed by atoms with E-state index in [1.165, 1.54) is 18.6 Å². The number of thiophene rings is 1. The van der Waals surface area contributed by atoms with Crippen LogP contribution in [0.15, 0.2) is 28.9 Å². The molecule has 1 amide bonds. The Bertz CT molecular complexity index is 705. The normalized spacial score (nSPS) is 11.5. The minimum absolute atomic E-state index is 0.0685. The highest BCUT2D eigenvalue weighted by Crippen LogP contribution is 2.24. The molecule has 0 bridgehead atoms. The summed E-state index contributed by atoms with van der Waals surface area (Å²) in [4.78, 5) is 16.3. The molecule has 2 aromatic rings. The van der Waals surface area contributed by atoms with E-state index in [9.17, 15) is 13.2 Å². The molecule has 0 aliphatic rings. The molecular weight excluding hydrogens is 310 g/mol. The van der Waals surface area contributed by atoms with Crippen molar-refractivity contribution in [3.05, 3.63) is 35.2 Å². The van der Waals surface area contributed by atoms with E-state index in [0.29, 0.717) is 10.6 Å². The van der Waals surface area contributed by atoms with Crippen molar-refractivity contribution in [2.45, 2.75) is 10.8 Å². The summed E-state index contributed by atoms with van der Waals surface area (Å²) in [7, 11) is 3.23. The number of aromatic nitrogens is 2. The summed E-state index contributed by atoms with van der Waals surface area (Å²) in [5, 5.41) is 2.68. The number of amides is 1. The zero-order valence-electron chi connectivity index (χ0n) is 9.83. The quantitative estimate of drug-likeness (QED) is 0.862. The minimum atomic E-state index is -3.71. The molecule has 0 saturated heterocycles. The smallest absolute Gasteiger partial charge is 0.270 e. The first kappa shape index (κ1) is 14.0. The topological polar surface area (TPSA) is 81.1 Å². The molecule has 2 aromatic heterocycles. The van der Waals surface area contributed by atoms with E-state index < -0.39 is 9.05 Å². The van der Waals surface area contributed by atoms with Gasteiger partial charge < -0.3 is 9.88 Å². The van der Waals surface area contributed by atoms with Crippen LogP contribution < -0.4 is 5.32 Å². The van der Waals surface area contributed by atoms with Crippen LogP contribution in [0.3, 0.4) is 0 Å². The maximum Gasteiger partial charge on any atom is 0.270 e. The summed E-state index contributed by atoms with van der Waals surface area (Å²) in [5.41, 5.74) is 0.432. The number of carbonyl (C=O) groups excluding carboxylic acids is 1. The van der Waals surface area contributed by atoms with E-state index in [0.717, 1.165) is 11.3 Å². The second kappa shape index (κ2) is 5.32. The zero-order valence-corrected chi connectivity index (χ0v) is 12.2. The molecule has 0 spiro atoms. The minimum Gasteiger partial charge on any atom is -0.346 e. The van der Waals surface area contributed by atoms with Crippen LogP contribution in [-0.2, 0) is 22.6 Å². The van der Waals surface area contributed by atoms with E-state index >= 15 is 0 Å². The van der Waals surface area contributed by atoms with Gasteiger partial charge in [0.05, 0.1) is 19.1 Å². The summed E-state index contributed by atoms with van der Waals surface area (Å²) in [6.07, 6.45) is 2.98.